The maximum Gasteiger partial charge on any atom is 0.368 e. The van der Waals surface area contributed by atoms with Gasteiger partial charge in [-0.25, -0.2) is 9.80 Å². The van der Waals surface area contributed by atoms with Crippen LogP contribution < -0.4 is 15.2 Å². The summed E-state index contributed by atoms with van der Waals surface area (Å²) in [6.07, 6.45) is 0.521. The Labute approximate surface area is 204 Å². The minimum Gasteiger partial charge on any atom is -0.493 e. The average Bonchev–Trinajstić information content (AvgIpc) is 3.65. The third-order valence-electron chi connectivity index (χ3n) is 5.69. The van der Waals surface area contributed by atoms with E-state index in [0.29, 0.717) is 23.6 Å². The molecule has 1 atom stereocenters. The van der Waals surface area contributed by atoms with Gasteiger partial charge in [-0.1, -0.05) is 30.3 Å². The molecule has 4 aromatic rings. The monoisotopic (exact) mass is 490 g/mol. The van der Waals surface area contributed by atoms with Crippen LogP contribution in [0.3, 0.4) is 0 Å². The van der Waals surface area contributed by atoms with Crippen molar-refractivity contribution in [2.75, 3.05) is 14.2 Å². The van der Waals surface area contributed by atoms with Crippen LogP contribution in [-0.4, -0.2) is 50.6 Å². The first-order chi connectivity index (χ1) is 17.1. The van der Waals surface area contributed by atoms with Gasteiger partial charge in [-0.2, -0.15) is 14.5 Å². The number of nitrogens with zero attached hydrogens (tertiary/aromatic N) is 6. The number of carbonyl (C=O) groups excluding carboxylic acids is 1. The molecule has 0 spiro atoms. The Kier molecular flexibility index (Phi) is 6.15. The second-order valence-corrected chi connectivity index (χ2v) is 8.71. The van der Waals surface area contributed by atoms with Crippen molar-refractivity contribution >= 4 is 23.0 Å². The van der Waals surface area contributed by atoms with Crippen molar-refractivity contribution in [1.82, 2.24) is 24.8 Å². The SMILES string of the molecule is COc1ccc([C@H]2CC(c3cccs3)=NN2C(=O)Cn2nnn(-c3ccccc3)c2=O)cc1OC. The predicted molar refractivity (Wildman–Crippen MR) is 130 cm³/mol. The maximum absolute atomic E-state index is 13.4. The third kappa shape index (κ3) is 4.33. The van der Waals surface area contributed by atoms with Crippen LogP contribution in [0.25, 0.3) is 5.69 Å². The molecule has 0 aliphatic carbocycles. The molecule has 178 valence electrons. The highest BCUT2D eigenvalue weighted by Gasteiger charge is 2.34. The number of aromatic nitrogens is 4. The summed E-state index contributed by atoms with van der Waals surface area (Å²) >= 11 is 1.56. The standard InChI is InChI=1S/C24H22N6O4S/c1-33-20-11-10-16(13-21(20)34-2)19-14-18(22-9-6-12-35-22)25-30(19)23(31)15-28-24(32)29(27-26-28)17-7-4-3-5-8-17/h3-13,19H,14-15H2,1-2H3/t19-/m1/s1. The highest BCUT2D eigenvalue weighted by molar-refractivity contribution is 7.12. The zero-order chi connectivity index (χ0) is 24.4. The lowest BCUT2D eigenvalue weighted by molar-refractivity contribution is -0.134. The van der Waals surface area contributed by atoms with Crippen molar-refractivity contribution in [2.45, 2.75) is 19.0 Å². The number of methoxy groups -OCH3 is 2. The Bertz CT molecular complexity index is 1430. The lowest BCUT2D eigenvalue weighted by atomic mass is 10.0. The number of tetrazole rings is 1. The quantitative estimate of drug-likeness (QED) is 0.395. The molecule has 11 heteroatoms. The first-order valence-corrected chi connectivity index (χ1v) is 11.7. The summed E-state index contributed by atoms with van der Waals surface area (Å²) in [7, 11) is 3.14. The number of rotatable bonds is 7. The number of thiophene rings is 1. The Hall–Kier alpha value is -4.25. The molecule has 10 nitrogen and oxygen atoms in total. The zero-order valence-corrected chi connectivity index (χ0v) is 19.9. The van der Waals surface area contributed by atoms with Crippen molar-refractivity contribution in [3.05, 3.63) is 87.0 Å². The number of carbonyl (C=O) groups is 1. The molecule has 35 heavy (non-hydrogen) atoms. The van der Waals surface area contributed by atoms with Crippen molar-refractivity contribution in [3.8, 4) is 17.2 Å². The van der Waals surface area contributed by atoms with Crippen LogP contribution in [0.4, 0.5) is 0 Å². The van der Waals surface area contributed by atoms with Crippen LogP contribution in [-0.2, 0) is 11.3 Å². The molecular weight excluding hydrogens is 468 g/mol. The van der Waals surface area contributed by atoms with Crippen molar-refractivity contribution in [3.63, 3.8) is 0 Å². The molecule has 1 amide bonds. The Morgan fingerprint density at radius 1 is 1.03 bits per heavy atom. The lowest BCUT2D eigenvalue weighted by Crippen LogP contribution is -2.34. The number of hydrogen-bond donors (Lipinski definition) is 0. The molecule has 1 aliphatic heterocycles. The normalized spacial score (nSPS) is 15.2. The molecule has 2 aromatic heterocycles. The fourth-order valence-corrected chi connectivity index (χ4v) is 4.68. The summed E-state index contributed by atoms with van der Waals surface area (Å²) in [5, 5.41) is 15.9. The molecule has 0 fully saturated rings. The van der Waals surface area contributed by atoms with Crippen LogP contribution in [0, 0.1) is 0 Å². The molecule has 5 rings (SSSR count). The molecular formula is C24H22N6O4S. The van der Waals surface area contributed by atoms with E-state index in [4.69, 9.17) is 9.47 Å². The number of hydrogen-bond acceptors (Lipinski definition) is 8. The summed E-state index contributed by atoms with van der Waals surface area (Å²) in [5.74, 6) is 0.776. The van der Waals surface area contributed by atoms with E-state index in [0.717, 1.165) is 25.5 Å². The summed E-state index contributed by atoms with van der Waals surface area (Å²) in [6.45, 7) is -0.295. The number of amides is 1. The summed E-state index contributed by atoms with van der Waals surface area (Å²) < 4.78 is 13.0. The fourth-order valence-electron chi connectivity index (χ4n) is 3.96. The van der Waals surface area contributed by atoms with Gasteiger partial charge >= 0.3 is 5.69 Å². The summed E-state index contributed by atoms with van der Waals surface area (Å²) in [5.41, 5.74) is 1.70. The van der Waals surface area contributed by atoms with E-state index in [1.165, 1.54) is 5.01 Å². The smallest absolute Gasteiger partial charge is 0.368 e. The largest absolute Gasteiger partial charge is 0.493 e. The van der Waals surface area contributed by atoms with Gasteiger partial charge in [0.25, 0.3) is 5.91 Å². The van der Waals surface area contributed by atoms with Gasteiger partial charge in [-0.15, -0.1) is 11.3 Å². The van der Waals surface area contributed by atoms with Gasteiger partial charge in [-0.3, -0.25) is 4.79 Å². The van der Waals surface area contributed by atoms with Crippen LogP contribution >= 0.6 is 11.3 Å². The molecule has 0 bridgehead atoms. The molecule has 2 aromatic carbocycles. The van der Waals surface area contributed by atoms with Gasteiger partial charge in [-0.05, 0) is 51.7 Å². The van der Waals surface area contributed by atoms with E-state index in [9.17, 15) is 9.59 Å². The Morgan fingerprint density at radius 3 is 2.54 bits per heavy atom. The Balaban J connectivity index is 1.46. The maximum atomic E-state index is 13.4. The van der Waals surface area contributed by atoms with Gasteiger partial charge in [0.1, 0.15) is 6.54 Å². The molecule has 0 saturated heterocycles. The van der Waals surface area contributed by atoms with Crippen LogP contribution in [0.2, 0.25) is 0 Å². The van der Waals surface area contributed by atoms with Gasteiger partial charge in [0.15, 0.2) is 11.5 Å². The predicted octanol–water partition coefficient (Wildman–Crippen LogP) is 2.89. The van der Waals surface area contributed by atoms with E-state index in [1.54, 1.807) is 55.9 Å². The van der Waals surface area contributed by atoms with Gasteiger partial charge in [0, 0.05) is 6.42 Å². The second-order valence-electron chi connectivity index (χ2n) is 7.76. The topological polar surface area (TPSA) is 104 Å². The first kappa shape index (κ1) is 22.5. The number of benzene rings is 2. The van der Waals surface area contributed by atoms with Gasteiger partial charge in [0.05, 0.1) is 36.5 Å². The van der Waals surface area contributed by atoms with E-state index in [-0.39, 0.29) is 18.5 Å². The highest BCUT2D eigenvalue weighted by Crippen LogP contribution is 2.37. The van der Waals surface area contributed by atoms with Gasteiger partial charge in [0.2, 0.25) is 0 Å². The van der Waals surface area contributed by atoms with Crippen LogP contribution in [0.15, 0.2) is 75.9 Å². The van der Waals surface area contributed by atoms with E-state index in [2.05, 4.69) is 15.5 Å². The lowest BCUT2D eigenvalue weighted by Gasteiger charge is -2.22. The fraction of sp³-hybridized carbons (Fsp3) is 0.208. The van der Waals surface area contributed by atoms with Crippen molar-refractivity contribution in [1.29, 1.82) is 0 Å². The summed E-state index contributed by atoms with van der Waals surface area (Å²) in [4.78, 5) is 27.2. The van der Waals surface area contributed by atoms with E-state index in [1.807, 2.05) is 35.7 Å². The van der Waals surface area contributed by atoms with E-state index >= 15 is 0 Å². The third-order valence-corrected chi connectivity index (χ3v) is 6.61. The first-order valence-electron chi connectivity index (χ1n) is 10.8. The highest BCUT2D eigenvalue weighted by atomic mass is 32.1. The minimum atomic E-state index is -0.506. The zero-order valence-electron chi connectivity index (χ0n) is 19.1. The number of para-hydroxylation sites is 1. The molecule has 0 unspecified atom stereocenters. The van der Waals surface area contributed by atoms with Gasteiger partial charge < -0.3 is 9.47 Å². The number of ether oxygens (including phenoxy) is 2. The van der Waals surface area contributed by atoms with E-state index < -0.39 is 5.69 Å². The molecule has 3 heterocycles. The minimum absolute atomic E-state index is 0.295. The molecule has 1 aliphatic rings. The molecule has 0 radical (unpaired) electrons. The number of hydrazone groups is 1. The van der Waals surface area contributed by atoms with Crippen LogP contribution in [0.5, 0.6) is 11.5 Å². The molecule has 0 saturated carbocycles. The van der Waals surface area contributed by atoms with Crippen LogP contribution in [0.1, 0.15) is 22.9 Å². The molecule has 0 N–H and O–H groups in total. The average molecular weight is 491 g/mol. The van der Waals surface area contributed by atoms with Crippen molar-refractivity contribution in [2.24, 2.45) is 5.10 Å². The second kappa shape index (κ2) is 9.55. The van der Waals surface area contributed by atoms with Crippen molar-refractivity contribution < 1.29 is 14.3 Å². The summed E-state index contributed by atoms with van der Waals surface area (Å²) in [6, 6.07) is 18.0. The Morgan fingerprint density at radius 2 is 1.83 bits per heavy atom.